The maximum absolute atomic E-state index is 2.49. The fourth-order valence-corrected chi connectivity index (χ4v) is 12.0. The van der Waals surface area contributed by atoms with Crippen LogP contribution < -0.4 is 4.90 Å². The fraction of sp³-hybridized carbons (Fsp3) is 0.200. The first-order valence-corrected chi connectivity index (χ1v) is 20.0. The van der Waals surface area contributed by atoms with Gasteiger partial charge in [-0.1, -0.05) is 109 Å². The Bertz CT molecular complexity index is 2550. The van der Waals surface area contributed by atoms with Crippen molar-refractivity contribution in [2.24, 2.45) is 17.8 Å². The van der Waals surface area contributed by atoms with Crippen LogP contribution in [0.3, 0.4) is 0 Å². The summed E-state index contributed by atoms with van der Waals surface area (Å²) in [5, 5.41) is 5.23. The highest BCUT2D eigenvalue weighted by Gasteiger charge is 2.51. The molecule has 0 spiro atoms. The Kier molecular flexibility index (Phi) is 6.99. The largest absolute Gasteiger partial charge is 0.310 e. The number of rotatable bonds is 6. The summed E-state index contributed by atoms with van der Waals surface area (Å²) in [4.78, 5) is 2.47. The van der Waals surface area contributed by atoms with Crippen LogP contribution in [0.5, 0.6) is 0 Å². The van der Waals surface area contributed by atoms with Crippen molar-refractivity contribution in [3.05, 3.63) is 163 Å². The van der Waals surface area contributed by atoms with Gasteiger partial charge in [0.05, 0.1) is 0 Å². The summed E-state index contributed by atoms with van der Waals surface area (Å²) in [5.41, 5.74) is 10.6. The Morgan fingerprint density at radius 2 is 1.02 bits per heavy atom. The van der Waals surface area contributed by atoms with Gasteiger partial charge in [-0.05, 0) is 149 Å². The average molecular weight is 688 g/mol. The van der Waals surface area contributed by atoms with Crippen molar-refractivity contribution >= 4 is 59.3 Å². The number of hydrogen-bond donors (Lipinski definition) is 0. The van der Waals surface area contributed by atoms with Gasteiger partial charge in [0.15, 0.2) is 0 Å². The van der Waals surface area contributed by atoms with Crippen molar-refractivity contribution in [3.8, 4) is 22.3 Å². The number of anilines is 3. The predicted molar refractivity (Wildman–Crippen MR) is 222 cm³/mol. The molecule has 8 aromatic rings. The van der Waals surface area contributed by atoms with Gasteiger partial charge in [0, 0.05) is 37.2 Å². The minimum absolute atomic E-state index is 0.394. The molecule has 252 valence electrons. The van der Waals surface area contributed by atoms with Crippen LogP contribution in [0.15, 0.2) is 158 Å². The van der Waals surface area contributed by atoms with Crippen molar-refractivity contribution in [1.82, 2.24) is 0 Å². The van der Waals surface area contributed by atoms with Gasteiger partial charge in [0.2, 0.25) is 0 Å². The molecule has 0 N–H and O–H groups in total. The molecule has 0 saturated heterocycles. The highest BCUT2D eigenvalue weighted by atomic mass is 32.1. The van der Waals surface area contributed by atoms with E-state index < -0.39 is 0 Å². The van der Waals surface area contributed by atoms with Crippen LogP contribution in [0, 0.1) is 17.8 Å². The summed E-state index contributed by atoms with van der Waals surface area (Å²) in [7, 11) is 0. The maximum atomic E-state index is 2.49. The van der Waals surface area contributed by atoms with Crippen molar-refractivity contribution in [2.45, 2.75) is 43.9 Å². The molecular weight excluding hydrogens is 647 g/mol. The van der Waals surface area contributed by atoms with Crippen LogP contribution in [0.4, 0.5) is 17.1 Å². The third-order valence-electron chi connectivity index (χ3n) is 12.8. The first-order chi connectivity index (χ1) is 25.7. The Labute approximate surface area is 310 Å². The van der Waals surface area contributed by atoms with E-state index in [0.717, 1.165) is 17.8 Å². The van der Waals surface area contributed by atoms with Crippen LogP contribution in [-0.4, -0.2) is 0 Å². The average Bonchev–Trinajstić information content (AvgIpc) is 3.56. The van der Waals surface area contributed by atoms with Gasteiger partial charge in [0.25, 0.3) is 0 Å². The van der Waals surface area contributed by atoms with Crippen LogP contribution in [0.1, 0.15) is 44.1 Å². The van der Waals surface area contributed by atoms with Gasteiger partial charge < -0.3 is 4.90 Å². The normalized spacial score (nSPS) is 22.0. The lowest BCUT2D eigenvalue weighted by atomic mass is 9.48. The van der Waals surface area contributed by atoms with Gasteiger partial charge in [-0.25, -0.2) is 0 Å². The minimum atomic E-state index is 0.394. The smallest absolute Gasteiger partial charge is 0.0468 e. The van der Waals surface area contributed by atoms with E-state index in [1.54, 1.807) is 5.56 Å². The SMILES string of the molecule is c1ccc(-c2cccc3cccc(-c4ccc(N(c5ccc(C67CC8CC(CC(C8)C6)C7)cc5)c5ccc6sc7ccccc7c6c5)cc4)c23)cc1. The Balaban J connectivity index is 1.02. The highest BCUT2D eigenvalue weighted by molar-refractivity contribution is 7.25. The molecule has 1 aromatic heterocycles. The van der Waals surface area contributed by atoms with Gasteiger partial charge in [-0.15, -0.1) is 11.3 Å². The third-order valence-corrected chi connectivity index (χ3v) is 14.0. The summed E-state index contributed by atoms with van der Waals surface area (Å²) in [5.74, 6) is 2.83. The predicted octanol–water partition coefficient (Wildman–Crippen LogP) is 14.5. The molecule has 4 aliphatic rings. The molecule has 4 fully saturated rings. The zero-order valence-corrected chi connectivity index (χ0v) is 30.2. The van der Waals surface area contributed by atoms with Crippen LogP contribution >= 0.6 is 11.3 Å². The molecule has 12 rings (SSSR count). The first-order valence-electron chi connectivity index (χ1n) is 19.2. The third kappa shape index (κ3) is 4.95. The molecule has 1 heterocycles. The van der Waals surface area contributed by atoms with Gasteiger partial charge >= 0.3 is 0 Å². The standard InChI is InChI=1S/C50H41NS/c1-2-8-36(9-3-1)43-13-6-10-38-11-7-14-44(49(38)43)37-16-20-40(21-17-37)51(42-24-25-48-46(29-42)45-12-4-5-15-47(45)52-48)41-22-18-39(19-23-41)50-30-33-26-34(31-50)28-35(27-33)32-50/h1-25,29,33-35H,26-28,30-32H2. The van der Waals surface area contributed by atoms with E-state index in [2.05, 4.69) is 163 Å². The molecule has 4 aliphatic carbocycles. The first kappa shape index (κ1) is 30.4. The van der Waals surface area contributed by atoms with Crippen molar-refractivity contribution in [2.75, 3.05) is 4.90 Å². The van der Waals surface area contributed by atoms with Crippen molar-refractivity contribution < 1.29 is 0 Å². The molecule has 0 aliphatic heterocycles. The lowest BCUT2D eigenvalue weighted by Crippen LogP contribution is -2.48. The fourth-order valence-electron chi connectivity index (χ4n) is 11.0. The Morgan fingerprint density at radius 1 is 0.462 bits per heavy atom. The molecule has 4 bridgehead atoms. The van der Waals surface area contributed by atoms with E-state index in [-0.39, 0.29) is 0 Å². The van der Waals surface area contributed by atoms with E-state index >= 15 is 0 Å². The molecule has 0 unspecified atom stereocenters. The number of fused-ring (bicyclic) bond motifs is 4. The number of benzene rings is 7. The molecule has 7 aromatic carbocycles. The second kappa shape index (κ2) is 11.9. The quantitative estimate of drug-likeness (QED) is 0.168. The molecule has 52 heavy (non-hydrogen) atoms. The van der Waals surface area contributed by atoms with Gasteiger partial charge in [-0.3, -0.25) is 0 Å². The topological polar surface area (TPSA) is 3.24 Å². The minimum Gasteiger partial charge on any atom is -0.310 e. The number of nitrogens with zero attached hydrogens (tertiary/aromatic N) is 1. The molecule has 2 heteroatoms. The summed E-state index contributed by atoms with van der Waals surface area (Å²) in [6, 6.07) is 59.1. The van der Waals surface area contributed by atoms with Crippen LogP contribution in [-0.2, 0) is 5.41 Å². The monoisotopic (exact) mass is 687 g/mol. The lowest BCUT2D eigenvalue weighted by Gasteiger charge is -2.57. The molecule has 1 nitrogen and oxygen atoms in total. The Morgan fingerprint density at radius 3 is 1.69 bits per heavy atom. The number of hydrogen-bond acceptors (Lipinski definition) is 2. The second-order valence-electron chi connectivity index (χ2n) is 16.0. The summed E-state index contributed by atoms with van der Waals surface area (Å²) in [6.07, 6.45) is 8.62. The van der Waals surface area contributed by atoms with Gasteiger partial charge in [-0.2, -0.15) is 0 Å². The van der Waals surface area contributed by atoms with E-state index in [9.17, 15) is 0 Å². The van der Waals surface area contributed by atoms with Crippen LogP contribution in [0.25, 0.3) is 53.2 Å². The summed E-state index contributed by atoms with van der Waals surface area (Å²) in [6.45, 7) is 0. The molecule has 0 radical (unpaired) electrons. The van der Waals surface area contributed by atoms with Crippen molar-refractivity contribution in [1.29, 1.82) is 0 Å². The zero-order chi connectivity index (χ0) is 34.2. The molecule has 4 saturated carbocycles. The number of thiophene rings is 1. The Hall–Kier alpha value is -5.18. The van der Waals surface area contributed by atoms with Crippen LogP contribution in [0.2, 0.25) is 0 Å². The van der Waals surface area contributed by atoms with Gasteiger partial charge in [0.1, 0.15) is 0 Å². The van der Waals surface area contributed by atoms with E-state index in [0.29, 0.717) is 5.41 Å². The highest BCUT2D eigenvalue weighted by Crippen LogP contribution is 2.61. The lowest BCUT2D eigenvalue weighted by molar-refractivity contribution is -0.00518. The van der Waals surface area contributed by atoms with E-state index in [1.807, 2.05) is 11.3 Å². The molecular formula is C50H41NS. The second-order valence-corrected chi connectivity index (χ2v) is 17.1. The van der Waals surface area contributed by atoms with Crippen molar-refractivity contribution in [3.63, 3.8) is 0 Å². The van der Waals surface area contributed by atoms with E-state index in [1.165, 1.54) is 109 Å². The summed E-state index contributed by atoms with van der Waals surface area (Å²) >= 11 is 1.88. The molecule has 0 atom stereocenters. The zero-order valence-electron chi connectivity index (χ0n) is 29.3. The maximum Gasteiger partial charge on any atom is 0.0468 e. The molecule has 0 amide bonds. The summed E-state index contributed by atoms with van der Waals surface area (Å²) < 4.78 is 2.68. The van der Waals surface area contributed by atoms with E-state index in [4.69, 9.17) is 0 Å².